The van der Waals surface area contributed by atoms with E-state index < -0.39 is 20.0 Å². The number of benzene rings is 2. The maximum absolute atomic E-state index is 12.8. The fourth-order valence-electron chi connectivity index (χ4n) is 3.28. The largest absolute Gasteiger partial charge is 0.280 e. The molecule has 0 atom stereocenters. The fourth-order valence-corrected chi connectivity index (χ4v) is 5.85. The maximum Gasteiger partial charge on any atom is 0.262 e. The van der Waals surface area contributed by atoms with E-state index in [1.165, 1.54) is 4.31 Å². The molecule has 0 radical (unpaired) electrons. The summed E-state index contributed by atoms with van der Waals surface area (Å²) in [7, 11) is -7.06. The second kappa shape index (κ2) is 7.16. The number of hydrogen-bond donors (Lipinski definition) is 1. The van der Waals surface area contributed by atoms with E-state index in [2.05, 4.69) is 4.72 Å². The predicted octanol–water partition coefficient (Wildman–Crippen LogP) is 3.21. The third-order valence-electron chi connectivity index (χ3n) is 4.74. The van der Waals surface area contributed by atoms with E-state index in [-0.39, 0.29) is 10.6 Å². The van der Waals surface area contributed by atoms with Crippen molar-refractivity contribution in [1.82, 2.24) is 0 Å². The molecular formula is C19H24N2O4S2. The summed E-state index contributed by atoms with van der Waals surface area (Å²) in [6, 6.07) is 10.3. The minimum atomic E-state index is -3.72. The van der Waals surface area contributed by atoms with Gasteiger partial charge in [-0.3, -0.25) is 9.03 Å². The smallest absolute Gasteiger partial charge is 0.262 e. The number of fused-ring (bicyclic) bond motifs is 1. The summed E-state index contributed by atoms with van der Waals surface area (Å²) in [5.74, 6) is 0.0352. The van der Waals surface area contributed by atoms with Crippen LogP contribution in [0.2, 0.25) is 0 Å². The van der Waals surface area contributed by atoms with Gasteiger partial charge in [-0.15, -0.1) is 0 Å². The van der Waals surface area contributed by atoms with Crippen molar-refractivity contribution in [3.63, 3.8) is 0 Å². The van der Waals surface area contributed by atoms with Gasteiger partial charge in [0.05, 0.1) is 16.3 Å². The van der Waals surface area contributed by atoms with Gasteiger partial charge in [-0.05, 0) is 74.6 Å². The topological polar surface area (TPSA) is 83.6 Å². The van der Waals surface area contributed by atoms with Crippen LogP contribution in [0.1, 0.15) is 30.0 Å². The van der Waals surface area contributed by atoms with Crippen molar-refractivity contribution in [1.29, 1.82) is 0 Å². The van der Waals surface area contributed by atoms with E-state index in [9.17, 15) is 16.8 Å². The molecule has 27 heavy (non-hydrogen) atoms. The molecule has 0 aliphatic carbocycles. The van der Waals surface area contributed by atoms with Gasteiger partial charge in [0.25, 0.3) is 10.0 Å². The lowest BCUT2D eigenvalue weighted by Gasteiger charge is -2.30. The summed E-state index contributed by atoms with van der Waals surface area (Å²) in [5.41, 5.74) is 3.45. The number of sulfonamides is 2. The third-order valence-corrected chi connectivity index (χ3v) is 8.05. The maximum atomic E-state index is 12.8. The zero-order valence-corrected chi connectivity index (χ0v) is 17.3. The molecule has 1 aliphatic heterocycles. The summed E-state index contributed by atoms with van der Waals surface area (Å²) in [6.07, 6.45) is 1.42. The van der Waals surface area contributed by atoms with Gasteiger partial charge in [0.2, 0.25) is 10.0 Å². The molecule has 2 aromatic carbocycles. The highest BCUT2D eigenvalue weighted by Gasteiger charge is 2.26. The minimum Gasteiger partial charge on any atom is -0.280 e. The summed E-state index contributed by atoms with van der Waals surface area (Å²) >= 11 is 0. The molecular weight excluding hydrogens is 384 g/mol. The van der Waals surface area contributed by atoms with Crippen LogP contribution in [0.3, 0.4) is 0 Å². The van der Waals surface area contributed by atoms with Crippen molar-refractivity contribution in [3.8, 4) is 0 Å². The van der Waals surface area contributed by atoms with Crippen LogP contribution in [0, 0.1) is 13.8 Å². The zero-order chi connectivity index (χ0) is 19.8. The minimum absolute atomic E-state index is 0.0352. The SMILES string of the molecule is CCS(=O)(=O)N1CCCc2cc(NS(=O)(=O)c3cc(C)ccc3C)ccc21. The lowest BCUT2D eigenvalue weighted by Crippen LogP contribution is -2.36. The molecule has 146 valence electrons. The van der Waals surface area contributed by atoms with Gasteiger partial charge >= 0.3 is 0 Å². The predicted molar refractivity (Wildman–Crippen MR) is 108 cm³/mol. The Morgan fingerprint density at radius 2 is 1.78 bits per heavy atom. The van der Waals surface area contributed by atoms with Gasteiger partial charge in [-0.2, -0.15) is 0 Å². The van der Waals surface area contributed by atoms with Crippen molar-refractivity contribution in [2.24, 2.45) is 0 Å². The molecule has 8 heteroatoms. The number of nitrogens with zero attached hydrogens (tertiary/aromatic N) is 1. The summed E-state index contributed by atoms with van der Waals surface area (Å²) in [6.45, 7) is 5.68. The average molecular weight is 409 g/mol. The third kappa shape index (κ3) is 3.96. The first-order valence-electron chi connectivity index (χ1n) is 8.87. The van der Waals surface area contributed by atoms with Crippen LogP contribution in [0.5, 0.6) is 0 Å². The summed E-state index contributed by atoms with van der Waals surface area (Å²) < 4.78 is 54.2. The summed E-state index contributed by atoms with van der Waals surface area (Å²) in [4.78, 5) is 0.246. The molecule has 3 rings (SSSR count). The highest BCUT2D eigenvalue weighted by molar-refractivity contribution is 7.93. The quantitative estimate of drug-likeness (QED) is 0.823. The highest BCUT2D eigenvalue weighted by Crippen LogP contribution is 2.32. The van der Waals surface area contributed by atoms with Crippen molar-refractivity contribution in [2.75, 3.05) is 21.3 Å². The molecule has 0 spiro atoms. The molecule has 1 aliphatic rings. The van der Waals surface area contributed by atoms with Crippen LogP contribution in [-0.2, 0) is 26.5 Å². The molecule has 0 aromatic heterocycles. The molecule has 2 aromatic rings. The Balaban J connectivity index is 1.95. The average Bonchev–Trinajstić information content (AvgIpc) is 2.62. The van der Waals surface area contributed by atoms with E-state index in [4.69, 9.17) is 0 Å². The Hall–Kier alpha value is -2.06. The highest BCUT2D eigenvalue weighted by atomic mass is 32.2. The Bertz CT molecular complexity index is 1080. The van der Waals surface area contributed by atoms with Crippen LogP contribution in [0.25, 0.3) is 0 Å². The first kappa shape index (κ1) is 19.7. The first-order chi connectivity index (χ1) is 12.6. The van der Waals surface area contributed by atoms with Crippen molar-refractivity contribution in [2.45, 2.75) is 38.5 Å². The van der Waals surface area contributed by atoms with Crippen molar-refractivity contribution >= 4 is 31.4 Å². The summed E-state index contributed by atoms with van der Waals surface area (Å²) in [5, 5.41) is 0. The lowest BCUT2D eigenvalue weighted by molar-refractivity contribution is 0.587. The van der Waals surface area contributed by atoms with Gasteiger partial charge in [-0.25, -0.2) is 16.8 Å². The van der Waals surface area contributed by atoms with Gasteiger partial charge < -0.3 is 0 Å². The van der Waals surface area contributed by atoms with E-state index >= 15 is 0 Å². The second-order valence-electron chi connectivity index (χ2n) is 6.79. The number of hydrogen-bond acceptors (Lipinski definition) is 4. The molecule has 0 saturated heterocycles. The van der Waals surface area contributed by atoms with E-state index in [1.807, 2.05) is 13.0 Å². The van der Waals surface area contributed by atoms with Gasteiger partial charge in [-0.1, -0.05) is 12.1 Å². The Labute approximate surface area is 161 Å². The van der Waals surface area contributed by atoms with E-state index in [0.29, 0.717) is 36.3 Å². The fraction of sp³-hybridized carbons (Fsp3) is 0.368. The first-order valence-corrected chi connectivity index (χ1v) is 12.0. The molecule has 0 amide bonds. The molecule has 0 bridgehead atoms. The van der Waals surface area contributed by atoms with Crippen LogP contribution >= 0.6 is 0 Å². The van der Waals surface area contributed by atoms with Gasteiger partial charge in [0.1, 0.15) is 0 Å². The zero-order valence-electron chi connectivity index (χ0n) is 15.7. The van der Waals surface area contributed by atoms with Gasteiger partial charge in [0, 0.05) is 12.2 Å². The normalized spacial score (nSPS) is 14.7. The number of rotatable bonds is 5. The molecule has 1 N–H and O–H groups in total. The molecule has 6 nitrogen and oxygen atoms in total. The van der Waals surface area contributed by atoms with Crippen LogP contribution < -0.4 is 9.03 Å². The Morgan fingerprint density at radius 1 is 1.04 bits per heavy atom. The van der Waals surface area contributed by atoms with Crippen molar-refractivity contribution in [3.05, 3.63) is 53.1 Å². The van der Waals surface area contributed by atoms with Gasteiger partial charge in [0.15, 0.2) is 0 Å². The molecule has 0 fully saturated rings. The monoisotopic (exact) mass is 408 g/mol. The molecule has 0 saturated carbocycles. The second-order valence-corrected chi connectivity index (χ2v) is 10.6. The number of nitrogens with one attached hydrogen (secondary N) is 1. The van der Waals surface area contributed by atoms with E-state index in [0.717, 1.165) is 11.1 Å². The lowest BCUT2D eigenvalue weighted by atomic mass is 10.0. The van der Waals surface area contributed by atoms with E-state index in [1.54, 1.807) is 44.2 Å². The van der Waals surface area contributed by atoms with Crippen molar-refractivity contribution < 1.29 is 16.8 Å². The van der Waals surface area contributed by atoms with Crippen LogP contribution in [-0.4, -0.2) is 29.1 Å². The standard InChI is InChI=1S/C19H24N2O4S2/c1-4-26(22,23)21-11-5-6-16-13-17(9-10-18(16)21)20-27(24,25)19-12-14(2)7-8-15(19)3/h7-10,12-13,20H,4-6,11H2,1-3H3. The Morgan fingerprint density at radius 3 is 2.48 bits per heavy atom. The van der Waals surface area contributed by atoms with Crippen LogP contribution in [0.15, 0.2) is 41.3 Å². The van der Waals surface area contributed by atoms with Crippen LogP contribution in [0.4, 0.5) is 11.4 Å². The molecule has 1 heterocycles. The number of aryl methyl sites for hydroxylation is 3. The Kier molecular flexibility index (Phi) is 5.22. The number of anilines is 2. The molecule has 0 unspecified atom stereocenters.